The average molecular weight is 296 g/mol. The van der Waals surface area contributed by atoms with Gasteiger partial charge in [0.15, 0.2) is 4.60 Å². The number of aliphatic carboxylic acids is 1. The van der Waals surface area contributed by atoms with Gasteiger partial charge in [-0.15, -0.1) is 5.10 Å². The van der Waals surface area contributed by atoms with Crippen LogP contribution in [0.3, 0.4) is 0 Å². The van der Waals surface area contributed by atoms with Crippen molar-refractivity contribution in [1.29, 1.82) is 0 Å². The summed E-state index contributed by atoms with van der Waals surface area (Å²) in [5, 5.41) is 16.4. The van der Waals surface area contributed by atoms with E-state index in [0.717, 1.165) is 11.3 Å². The SMILES string of the molecule is O=C(O)Cn1nnc(Br)c1Cc1ccccc1. The Morgan fingerprint density at radius 1 is 1.35 bits per heavy atom. The summed E-state index contributed by atoms with van der Waals surface area (Å²) in [6, 6.07) is 9.77. The van der Waals surface area contributed by atoms with Gasteiger partial charge in [-0.3, -0.25) is 4.79 Å². The van der Waals surface area contributed by atoms with Crippen LogP contribution in [-0.2, 0) is 17.8 Å². The van der Waals surface area contributed by atoms with E-state index in [2.05, 4.69) is 26.2 Å². The van der Waals surface area contributed by atoms with Gasteiger partial charge in [-0.05, 0) is 21.5 Å². The minimum atomic E-state index is -0.934. The van der Waals surface area contributed by atoms with Crippen molar-refractivity contribution in [2.75, 3.05) is 0 Å². The van der Waals surface area contributed by atoms with E-state index in [1.807, 2.05) is 30.3 Å². The Kier molecular flexibility index (Phi) is 3.53. The van der Waals surface area contributed by atoms with Gasteiger partial charge in [-0.1, -0.05) is 35.5 Å². The Morgan fingerprint density at radius 2 is 2.06 bits per heavy atom. The highest BCUT2D eigenvalue weighted by Gasteiger charge is 2.13. The molecule has 2 rings (SSSR count). The first-order chi connectivity index (χ1) is 8.16. The molecule has 0 aliphatic rings. The quantitative estimate of drug-likeness (QED) is 0.932. The molecule has 0 saturated heterocycles. The molecule has 0 aliphatic heterocycles. The minimum absolute atomic E-state index is 0.180. The molecule has 0 spiro atoms. The molecule has 0 fully saturated rings. The molecule has 0 saturated carbocycles. The summed E-state index contributed by atoms with van der Waals surface area (Å²) in [4.78, 5) is 10.7. The third kappa shape index (κ3) is 2.91. The van der Waals surface area contributed by atoms with Crippen molar-refractivity contribution in [3.8, 4) is 0 Å². The van der Waals surface area contributed by atoms with Gasteiger partial charge < -0.3 is 5.11 Å². The topological polar surface area (TPSA) is 68.0 Å². The van der Waals surface area contributed by atoms with E-state index in [-0.39, 0.29) is 6.54 Å². The van der Waals surface area contributed by atoms with Crippen LogP contribution in [-0.4, -0.2) is 26.1 Å². The van der Waals surface area contributed by atoms with Gasteiger partial charge in [0.1, 0.15) is 6.54 Å². The zero-order chi connectivity index (χ0) is 12.3. The van der Waals surface area contributed by atoms with Crippen molar-refractivity contribution < 1.29 is 9.90 Å². The number of nitrogens with zero attached hydrogens (tertiary/aromatic N) is 3. The number of carboxylic acid groups (broad SMARTS) is 1. The van der Waals surface area contributed by atoms with Gasteiger partial charge in [0.25, 0.3) is 0 Å². The fourth-order valence-corrected chi connectivity index (χ4v) is 1.94. The Labute approximate surface area is 106 Å². The van der Waals surface area contributed by atoms with Crippen LogP contribution in [0.25, 0.3) is 0 Å². The van der Waals surface area contributed by atoms with Gasteiger partial charge >= 0.3 is 5.97 Å². The molecule has 0 atom stereocenters. The molecule has 1 heterocycles. The van der Waals surface area contributed by atoms with Crippen LogP contribution < -0.4 is 0 Å². The van der Waals surface area contributed by atoms with Gasteiger partial charge in [-0.25, -0.2) is 4.68 Å². The number of carbonyl (C=O) groups is 1. The summed E-state index contributed by atoms with van der Waals surface area (Å²) in [5.74, 6) is -0.934. The van der Waals surface area contributed by atoms with Crippen LogP contribution in [0.4, 0.5) is 0 Å². The van der Waals surface area contributed by atoms with E-state index >= 15 is 0 Å². The number of carboxylic acids is 1. The maximum Gasteiger partial charge on any atom is 0.325 e. The Hall–Kier alpha value is -1.69. The molecule has 1 N–H and O–H groups in total. The minimum Gasteiger partial charge on any atom is -0.480 e. The van der Waals surface area contributed by atoms with E-state index in [4.69, 9.17) is 5.11 Å². The molecule has 0 amide bonds. The highest BCUT2D eigenvalue weighted by atomic mass is 79.9. The Bertz CT molecular complexity index is 525. The molecule has 1 aromatic heterocycles. The van der Waals surface area contributed by atoms with E-state index < -0.39 is 5.97 Å². The third-order valence-corrected chi connectivity index (χ3v) is 2.91. The fraction of sp³-hybridized carbons (Fsp3) is 0.182. The van der Waals surface area contributed by atoms with Crippen LogP contribution in [0.1, 0.15) is 11.3 Å². The zero-order valence-corrected chi connectivity index (χ0v) is 10.5. The second-order valence-corrected chi connectivity index (χ2v) is 4.29. The number of aromatic nitrogens is 3. The average Bonchev–Trinajstić information content (AvgIpc) is 2.62. The first-order valence-electron chi connectivity index (χ1n) is 5.00. The van der Waals surface area contributed by atoms with Gasteiger partial charge in [0.2, 0.25) is 0 Å². The molecule has 88 valence electrons. The molecule has 5 nitrogen and oxygen atoms in total. The van der Waals surface area contributed by atoms with E-state index in [1.54, 1.807) is 0 Å². The molecule has 0 bridgehead atoms. The maximum atomic E-state index is 10.7. The maximum absolute atomic E-state index is 10.7. The highest BCUT2D eigenvalue weighted by Crippen LogP contribution is 2.17. The second-order valence-electron chi connectivity index (χ2n) is 3.54. The summed E-state index contributed by atoms with van der Waals surface area (Å²) in [6.45, 7) is -0.180. The number of halogens is 1. The van der Waals surface area contributed by atoms with E-state index in [0.29, 0.717) is 11.0 Å². The van der Waals surface area contributed by atoms with Gasteiger partial charge in [0, 0.05) is 6.42 Å². The van der Waals surface area contributed by atoms with Crippen LogP contribution in [0.2, 0.25) is 0 Å². The van der Waals surface area contributed by atoms with Gasteiger partial charge in [0.05, 0.1) is 5.69 Å². The molecule has 6 heteroatoms. The molecule has 2 aromatic rings. The first-order valence-corrected chi connectivity index (χ1v) is 5.79. The standard InChI is InChI=1S/C11H10BrN3O2/c12-11-9(6-8-4-2-1-3-5-8)15(14-13-11)7-10(16)17/h1-5H,6-7H2,(H,16,17). The van der Waals surface area contributed by atoms with Gasteiger partial charge in [-0.2, -0.15) is 0 Å². The van der Waals surface area contributed by atoms with Crippen molar-refractivity contribution in [2.45, 2.75) is 13.0 Å². The lowest BCUT2D eigenvalue weighted by Gasteiger charge is -2.04. The summed E-state index contributed by atoms with van der Waals surface area (Å²) in [7, 11) is 0. The second kappa shape index (κ2) is 5.09. The lowest BCUT2D eigenvalue weighted by Crippen LogP contribution is -2.13. The zero-order valence-electron chi connectivity index (χ0n) is 8.88. The lowest BCUT2D eigenvalue weighted by atomic mass is 10.1. The van der Waals surface area contributed by atoms with Crippen LogP contribution in [0.5, 0.6) is 0 Å². The Morgan fingerprint density at radius 3 is 2.71 bits per heavy atom. The number of hydrogen-bond acceptors (Lipinski definition) is 3. The van der Waals surface area contributed by atoms with Crippen LogP contribution >= 0.6 is 15.9 Å². The molecule has 0 unspecified atom stereocenters. The molecule has 0 radical (unpaired) electrons. The summed E-state index contributed by atoms with van der Waals surface area (Å²) < 4.78 is 1.97. The van der Waals surface area contributed by atoms with E-state index in [9.17, 15) is 4.79 Å². The monoisotopic (exact) mass is 295 g/mol. The number of benzene rings is 1. The number of hydrogen-bond donors (Lipinski definition) is 1. The third-order valence-electron chi connectivity index (χ3n) is 2.29. The van der Waals surface area contributed by atoms with Crippen molar-refractivity contribution in [1.82, 2.24) is 15.0 Å². The van der Waals surface area contributed by atoms with Crippen LogP contribution in [0.15, 0.2) is 34.9 Å². The van der Waals surface area contributed by atoms with Crippen molar-refractivity contribution in [3.63, 3.8) is 0 Å². The molecule has 0 aliphatic carbocycles. The van der Waals surface area contributed by atoms with E-state index in [1.165, 1.54) is 4.68 Å². The predicted octanol–water partition coefficient (Wildman–Crippen LogP) is 1.72. The first kappa shape index (κ1) is 11.8. The largest absolute Gasteiger partial charge is 0.480 e. The Balaban J connectivity index is 2.26. The lowest BCUT2D eigenvalue weighted by molar-refractivity contribution is -0.137. The summed E-state index contributed by atoms with van der Waals surface area (Å²) in [6.07, 6.45) is 0.599. The normalized spacial score (nSPS) is 10.4. The highest BCUT2D eigenvalue weighted by molar-refractivity contribution is 9.10. The smallest absolute Gasteiger partial charge is 0.325 e. The van der Waals surface area contributed by atoms with Crippen molar-refractivity contribution >= 4 is 21.9 Å². The fourth-order valence-electron chi connectivity index (χ4n) is 1.52. The molecule has 1 aromatic carbocycles. The molecular formula is C11H10BrN3O2. The van der Waals surface area contributed by atoms with Crippen molar-refractivity contribution in [3.05, 3.63) is 46.2 Å². The predicted molar refractivity (Wildman–Crippen MR) is 64.6 cm³/mol. The molecule has 17 heavy (non-hydrogen) atoms. The molecular weight excluding hydrogens is 286 g/mol. The number of rotatable bonds is 4. The summed E-state index contributed by atoms with van der Waals surface area (Å²) >= 11 is 3.28. The van der Waals surface area contributed by atoms with Crippen molar-refractivity contribution in [2.24, 2.45) is 0 Å². The summed E-state index contributed by atoms with van der Waals surface area (Å²) in [5.41, 5.74) is 1.85. The van der Waals surface area contributed by atoms with Crippen LogP contribution in [0, 0.1) is 0 Å².